The van der Waals surface area contributed by atoms with Gasteiger partial charge in [0.05, 0.1) is 6.61 Å². The van der Waals surface area contributed by atoms with Gasteiger partial charge in [-0.1, -0.05) is 30.3 Å². The molecule has 0 radical (unpaired) electrons. The van der Waals surface area contributed by atoms with E-state index in [0.717, 1.165) is 34.6 Å². The average Bonchev–Trinajstić information content (AvgIpc) is 2.78. The molecule has 1 atom stereocenters. The smallest absolute Gasteiger partial charge is 0.333 e. The van der Waals surface area contributed by atoms with E-state index in [1.54, 1.807) is 6.61 Å². The largest absolute Gasteiger partial charge is 0.523 e. The second kappa shape index (κ2) is 10.9. The van der Waals surface area contributed by atoms with E-state index in [0.29, 0.717) is 13.0 Å². The summed E-state index contributed by atoms with van der Waals surface area (Å²) in [6, 6.07) is 25.2. The minimum atomic E-state index is -0.966. The van der Waals surface area contributed by atoms with E-state index in [9.17, 15) is 4.79 Å². The standard InChI is InChI=1S/C25H25O5/c1-28-24(25(26)27)17-20-9-13-22(14-10-20)29-16-15-19-7-11-23(12-8-19)30-18-21-5-3-2-4-6-21/h2-14,18,24H,15-17H2,1H3,(H,26,27)/q-1. The second-order valence-electron chi connectivity index (χ2n) is 6.80. The number of hydrogen-bond donors (Lipinski definition) is 1. The molecule has 5 heteroatoms. The molecule has 156 valence electrons. The third-order valence-corrected chi connectivity index (χ3v) is 4.62. The van der Waals surface area contributed by atoms with Gasteiger partial charge in [0.1, 0.15) is 11.5 Å². The van der Waals surface area contributed by atoms with Crippen molar-refractivity contribution in [2.45, 2.75) is 18.9 Å². The number of aliphatic carboxylic acids is 1. The summed E-state index contributed by atoms with van der Waals surface area (Å²) < 4.78 is 16.4. The summed E-state index contributed by atoms with van der Waals surface area (Å²) in [5.74, 6) is 0.572. The summed E-state index contributed by atoms with van der Waals surface area (Å²) in [6.45, 7) is 2.28. The highest BCUT2D eigenvalue weighted by Crippen LogP contribution is 2.17. The summed E-state index contributed by atoms with van der Waals surface area (Å²) in [5, 5.41) is 9.05. The molecule has 0 heterocycles. The Hall–Kier alpha value is -3.44. The SMILES string of the molecule is COC(Cc1ccc(OCCc2ccc(O[CH-]c3ccccc3)cc2)cc1)C(=O)O. The van der Waals surface area contributed by atoms with Crippen molar-refractivity contribution in [3.05, 3.63) is 102 Å². The second-order valence-corrected chi connectivity index (χ2v) is 6.80. The monoisotopic (exact) mass is 405 g/mol. The Kier molecular flexibility index (Phi) is 7.75. The summed E-state index contributed by atoms with van der Waals surface area (Å²) in [6.07, 6.45) is 0.256. The highest BCUT2D eigenvalue weighted by Gasteiger charge is 2.16. The van der Waals surface area contributed by atoms with E-state index in [-0.39, 0.29) is 0 Å². The lowest BCUT2D eigenvalue weighted by atomic mass is 10.1. The molecule has 1 N–H and O–H groups in total. The minimum Gasteiger partial charge on any atom is -0.523 e. The fourth-order valence-electron chi connectivity index (χ4n) is 2.90. The molecule has 0 aliphatic carbocycles. The molecular formula is C25H25O5-. The third kappa shape index (κ3) is 6.57. The number of carboxylic acids is 1. The lowest BCUT2D eigenvalue weighted by molar-refractivity contribution is -0.148. The van der Waals surface area contributed by atoms with Crippen LogP contribution < -0.4 is 9.47 Å². The molecular weight excluding hydrogens is 380 g/mol. The number of ether oxygens (including phenoxy) is 3. The van der Waals surface area contributed by atoms with Gasteiger partial charge in [-0.3, -0.25) is 0 Å². The molecule has 0 aromatic heterocycles. The number of rotatable bonds is 11. The first-order valence-electron chi connectivity index (χ1n) is 9.75. The van der Waals surface area contributed by atoms with E-state index >= 15 is 0 Å². The van der Waals surface area contributed by atoms with Crippen molar-refractivity contribution < 1.29 is 24.1 Å². The molecule has 0 aliphatic rings. The predicted molar refractivity (Wildman–Crippen MR) is 115 cm³/mol. The Morgan fingerprint density at radius 2 is 1.53 bits per heavy atom. The Morgan fingerprint density at radius 1 is 0.900 bits per heavy atom. The summed E-state index contributed by atoms with van der Waals surface area (Å²) in [4.78, 5) is 11.0. The number of carboxylic acid groups (broad SMARTS) is 1. The predicted octanol–water partition coefficient (Wildman–Crippen LogP) is 4.54. The number of methoxy groups -OCH3 is 1. The van der Waals surface area contributed by atoms with E-state index < -0.39 is 12.1 Å². The van der Waals surface area contributed by atoms with Gasteiger partial charge in [-0.2, -0.15) is 17.7 Å². The maximum Gasteiger partial charge on any atom is 0.333 e. The van der Waals surface area contributed by atoms with Gasteiger partial charge in [0.2, 0.25) is 0 Å². The minimum absolute atomic E-state index is 0.322. The molecule has 3 rings (SSSR count). The van der Waals surface area contributed by atoms with Gasteiger partial charge in [-0.05, 0) is 42.0 Å². The highest BCUT2D eigenvalue weighted by molar-refractivity contribution is 5.72. The first kappa shape index (κ1) is 21.3. The van der Waals surface area contributed by atoms with E-state index in [4.69, 9.17) is 19.3 Å². The van der Waals surface area contributed by atoms with E-state index in [1.165, 1.54) is 7.11 Å². The molecule has 5 nitrogen and oxygen atoms in total. The van der Waals surface area contributed by atoms with E-state index in [1.807, 2.05) is 78.9 Å². The lowest BCUT2D eigenvalue weighted by Crippen LogP contribution is -2.24. The fraction of sp³-hybridized carbons (Fsp3) is 0.200. The molecule has 30 heavy (non-hydrogen) atoms. The average molecular weight is 405 g/mol. The summed E-state index contributed by atoms with van der Waals surface area (Å²) in [5.41, 5.74) is 3.06. The Balaban J connectivity index is 1.42. The molecule has 3 aromatic carbocycles. The van der Waals surface area contributed by atoms with Gasteiger partial charge in [0.15, 0.2) is 6.10 Å². The molecule has 0 aliphatic heterocycles. The van der Waals surface area contributed by atoms with Crippen molar-refractivity contribution in [3.63, 3.8) is 0 Å². The fourth-order valence-corrected chi connectivity index (χ4v) is 2.90. The zero-order valence-corrected chi connectivity index (χ0v) is 16.9. The van der Waals surface area contributed by atoms with E-state index in [2.05, 4.69) is 0 Å². The van der Waals surface area contributed by atoms with Gasteiger partial charge in [0.25, 0.3) is 0 Å². The van der Waals surface area contributed by atoms with Gasteiger partial charge in [0, 0.05) is 20.0 Å². The van der Waals surface area contributed by atoms with Gasteiger partial charge in [-0.25, -0.2) is 4.79 Å². The molecule has 0 saturated heterocycles. The molecule has 0 amide bonds. The van der Waals surface area contributed by atoms with Crippen molar-refractivity contribution >= 4 is 5.97 Å². The summed E-state index contributed by atoms with van der Waals surface area (Å²) >= 11 is 0. The van der Waals surface area contributed by atoms with Gasteiger partial charge in [-0.15, -0.1) is 12.1 Å². The van der Waals surface area contributed by atoms with Crippen LogP contribution >= 0.6 is 0 Å². The molecule has 0 bridgehead atoms. The molecule has 1 unspecified atom stereocenters. The van der Waals surface area contributed by atoms with Crippen LogP contribution in [-0.2, 0) is 22.4 Å². The molecule has 0 spiro atoms. The highest BCUT2D eigenvalue weighted by atomic mass is 16.5. The topological polar surface area (TPSA) is 65.0 Å². The van der Waals surface area contributed by atoms with Crippen LogP contribution in [-0.4, -0.2) is 30.9 Å². The molecule has 0 saturated carbocycles. The molecule has 0 fully saturated rings. The zero-order valence-electron chi connectivity index (χ0n) is 16.9. The van der Waals surface area contributed by atoms with Crippen molar-refractivity contribution in [3.8, 4) is 11.5 Å². The van der Waals surface area contributed by atoms with Crippen molar-refractivity contribution in [2.75, 3.05) is 13.7 Å². The quantitative estimate of drug-likeness (QED) is 0.475. The Bertz CT molecular complexity index is 905. The van der Waals surface area contributed by atoms with Gasteiger partial charge < -0.3 is 19.3 Å². The van der Waals surface area contributed by atoms with Crippen molar-refractivity contribution in [1.29, 1.82) is 0 Å². The maximum atomic E-state index is 11.0. The Labute approximate surface area is 176 Å². The van der Waals surface area contributed by atoms with Crippen LogP contribution in [0, 0.1) is 6.61 Å². The zero-order chi connectivity index (χ0) is 21.2. The van der Waals surface area contributed by atoms with Gasteiger partial charge >= 0.3 is 5.97 Å². The van der Waals surface area contributed by atoms with Crippen molar-refractivity contribution in [1.82, 2.24) is 0 Å². The first-order valence-corrected chi connectivity index (χ1v) is 9.75. The lowest BCUT2D eigenvalue weighted by Gasteiger charge is -2.13. The maximum absolute atomic E-state index is 11.0. The normalized spacial score (nSPS) is 11.5. The number of carbonyl (C=O) groups is 1. The number of hydrogen-bond acceptors (Lipinski definition) is 4. The van der Waals surface area contributed by atoms with Crippen LogP contribution in [0.15, 0.2) is 78.9 Å². The Morgan fingerprint density at radius 3 is 2.17 bits per heavy atom. The van der Waals surface area contributed by atoms with Crippen LogP contribution in [0.5, 0.6) is 11.5 Å². The van der Waals surface area contributed by atoms with Crippen molar-refractivity contribution in [2.24, 2.45) is 0 Å². The van der Waals surface area contributed by atoms with Crippen LogP contribution in [0.4, 0.5) is 0 Å². The number of benzene rings is 3. The summed E-state index contributed by atoms with van der Waals surface area (Å²) in [7, 11) is 1.40. The van der Waals surface area contributed by atoms with Crippen LogP contribution in [0.3, 0.4) is 0 Å². The van der Waals surface area contributed by atoms with Crippen LogP contribution in [0.2, 0.25) is 0 Å². The van der Waals surface area contributed by atoms with Crippen LogP contribution in [0.1, 0.15) is 16.7 Å². The third-order valence-electron chi connectivity index (χ3n) is 4.62. The first-order chi connectivity index (χ1) is 14.6. The van der Waals surface area contributed by atoms with Crippen LogP contribution in [0.25, 0.3) is 0 Å². The molecule has 3 aromatic rings.